The number of nitrogens with zero attached hydrogens (tertiary/aromatic N) is 3. The van der Waals surface area contributed by atoms with Gasteiger partial charge in [0.1, 0.15) is 11.3 Å². The number of benzene rings is 2. The van der Waals surface area contributed by atoms with Crippen molar-refractivity contribution in [3.63, 3.8) is 0 Å². The van der Waals surface area contributed by atoms with Gasteiger partial charge in [-0.2, -0.15) is 0 Å². The molecule has 0 radical (unpaired) electrons. The molecule has 2 aromatic carbocycles. The summed E-state index contributed by atoms with van der Waals surface area (Å²) in [6.45, 7) is 2.41. The minimum Gasteiger partial charge on any atom is -0.480 e. The summed E-state index contributed by atoms with van der Waals surface area (Å²) in [5.41, 5.74) is 5.85. The van der Waals surface area contributed by atoms with Crippen molar-refractivity contribution in [1.82, 2.24) is 15.0 Å². The van der Waals surface area contributed by atoms with Crippen LogP contribution in [0.2, 0.25) is 0 Å². The zero-order valence-corrected chi connectivity index (χ0v) is 16.0. The fourth-order valence-corrected chi connectivity index (χ4v) is 4.16. The molecule has 0 saturated heterocycles. The largest absolute Gasteiger partial charge is 0.480 e. The van der Waals surface area contributed by atoms with Gasteiger partial charge in [0, 0.05) is 23.8 Å². The maximum absolute atomic E-state index is 11.3. The zero-order chi connectivity index (χ0) is 19.0. The molecule has 0 aliphatic rings. The van der Waals surface area contributed by atoms with Crippen LogP contribution in [0.3, 0.4) is 0 Å². The molecule has 7 heteroatoms. The highest BCUT2D eigenvalue weighted by Crippen LogP contribution is 2.36. The summed E-state index contributed by atoms with van der Waals surface area (Å²) in [4.78, 5) is 25.1. The second kappa shape index (κ2) is 7.02. The van der Waals surface area contributed by atoms with Gasteiger partial charge < -0.3 is 9.47 Å². The van der Waals surface area contributed by atoms with Crippen LogP contribution in [0, 0.1) is 6.92 Å². The van der Waals surface area contributed by atoms with Crippen molar-refractivity contribution in [2.75, 3.05) is 14.2 Å². The van der Waals surface area contributed by atoms with Crippen LogP contribution in [0.4, 0.5) is 0 Å². The number of carbonyl (C=O) groups is 1. The number of thiazole rings is 1. The summed E-state index contributed by atoms with van der Waals surface area (Å²) in [5, 5.41) is 0.832. The van der Waals surface area contributed by atoms with Gasteiger partial charge in [-0.05, 0) is 36.8 Å². The summed E-state index contributed by atoms with van der Waals surface area (Å²) in [6, 6.07) is 7.71. The van der Waals surface area contributed by atoms with Crippen LogP contribution in [-0.2, 0) is 11.3 Å². The lowest BCUT2D eigenvalue weighted by Gasteiger charge is -2.06. The molecule has 4 aromatic rings. The molecule has 136 valence electrons. The van der Waals surface area contributed by atoms with Crippen LogP contribution in [-0.4, -0.2) is 35.5 Å². The van der Waals surface area contributed by atoms with E-state index in [9.17, 15) is 4.79 Å². The molecule has 4 rings (SSSR count). The topological polar surface area (TPSA) is 74.2 Å². The number of rotatable bonds is 5. The van der Waals surface area contributed by atoms with Gasteiger partial charge in [-0.25, -0.2) is 15.0 Å². The standard InChI is InChI=1S/C20H17N3O3S/c1-11-4-14(19-15(5-11)22-17(26-3)8-21-19)20-23-18-13(10-25-2)6-12(9-24)7-16(18)27-20/h4-9H,10H2,1-3H3. The van der Waals surface area contributed by atoms with E-state index in [4.69, 9.17) is 14.5 Å². The summed E-state index contributed by atoms with van der Waals surface area (Å²) >= 11 is 1.53. The minimum atomic E-state index is 0.396. The number of ether oxygens (including phenoxy) is 2. The van der Waals surface area contributed by atoms with Crippen molar-refractivity contribution < 1.29 is 14.3 Å². The van der Waals surface area contributed by atoms with E-state index in [1.807, 2.05) is 25.1 Å². The molecule has 2 heterocycles. The second-order valence-corrected chi connectivity index (χ2v) is 7.22. The maximum atomic E-state index is 11.3. The van der Waals surface area contributed by atoms with Crippen molar-refractivity contribution in [3.05, 3.63) is 47.2 Å². The Hall–Kier alpha value is -2.90. The average Bonchev–Trinajstić information content (AvgIpc) is 3.11. The lowest BCUT2D eigenvalue weighted by atomic mass is 10.1. The third kappa shape index (κ3) is 3.15. The predicted octanol–water partition coefficient (Wildman–Crippen LogP) is 4.18. The third-order valence-corrected chi connectivity index (χ3v) is 5.28. The van der Waals surface area contributed by atoms with Gasteiger partial charge in [0.15, 0.2) is 0 Å². The van der Waals surface area contributed by atoms with E-state index in [1.54, 1.807) is 20.4 Å². The molecule has 0 aliphatic carbocycles. The van der Waals surface area contributed by atoms with E-state index in [0.717, 1.165) is 49.2 Å². The minimum absolute atomic E-state index is 0.396. The SMILES string of the molecule is COCc1cc(C=O)cc2sc(-c3cc(C)cc4nc(OC)cnc34)nc12. The fraction of sp³-hybridized carbons (Fsp3) is 0.200. The van der Waals surface area contributed by atoms with Gasteiger partial charge in [0.25, 0.3) is 0 Å². The summed E-state index contributed by atoms with van der Waals surface area (Å²) < 4.78 is 11.4. The summed E-state index contributed by atoms with van der Waals surface area (Å²) in [6.07, 6.45) is 2.45. The van der Waals surface area contributed by atoms with E-state index in [-0.39, 0.29) is 0 Å². The number of methoxy groups -OCH3 is 2. The lowest BCUT2D eigenvalue weighted by molar-refractivity contribution is 0.112. The fourth-order valence-electron chi connectivity index (χ4n) is 3.08. The molecule has 6 nitrogen and oxygen atoms in total. The van der Waals surface area contributed by atoms with Crippen LogP contribution in [0.1, 0.15) is 21.5 Å². The van der Waals surface area contributed by atoms with Crippen molar-refractivity contribution in [2.24, 2.45) is 0 Å². The third-order valence-electron chi connectivity index (χ3n) is 4.24. The van der Waals surface area contributed by atoms with E-state index < -0.39 is 0 Å². The Balaban J connectivity index is 1.97. The highest BCUT2D eigenvalue weighted by atomic mass is 32.1. The smallest absolute Gasteiger partial charge is 0.232 e. The first-order valence-electron chi connectivity index (χ1n) is 8.32. The molecule has 0 aliphatic heterocycles. The van der Waals surface area contributed by atoms with Gasteiger partial charge in [-0.3, -0.25) is 4.79 Å². The van der Waals surface area contributed by atoms with Gasteiger partial charge in [-0.1, -0.05) is 0 Å². The van der Waals surface area contributed by atoms with Crippen LogP contribution in [0.15, 0.2) is 30.5 Å². The first kappa shape index (κ1) is 17.5. The van der Waals surface area contributed by atoms with Crippen molar-refractivity contribution in [1.29, 1.82) is 0 Å². The monoisotopic (exact) mass is 379 g/mol. The Morgan fingerprint density at radius 1 is 1.11 bits per heavy atom. The summed E-state index contributed by atoms with van der Waals surface area (Å²) in [5.74, 6) is 0.473. The normalized spacial score (nSPS) is 11.2. The van der Waals surface area contributed by atoms with Gasteiger partial charge in [0.2, 0.25) is 5.88 Å². The molecule has 0 atom stereocenters. The van der Waals surface area contributed by atoms with Crippen LogP contribution < -0.4 is 4.74 Å². The zero-order valence-electron chi connectivity index (χ0n) is 15.1. The van der Waals surface area contributed by atoms with Crippen molar-refractivity contribution in [2.45, 2.75) is 13.5 Å². The molecular formula is C20H17N3O3S. The molecule has 2 aromatic heterocycles. The molecule has 0 unspecified atom stereocenters. The highest BCUT2D eigenvalue weighted by Gasteiger charge is 2.16. The van der Waals surface area contributed by atoms with Crippen molar-refractivity contribution in [3.8, 4) is 16.5 Å². The molecule has 0 bridgehead atoms. The Labute approximate surface area is 159 Å². The highest BCUT2D eigenvalue weighted by molar-refractivity contribution is 7.21. The molecular weight excluding hydrogens is 362 g/mol. The number of aromatic nitrogens is 3. The quantitative estimate of drug-likeness (QED) is 0.484. The van der Waals surface area contributed by atoms with Crippen LogP contribution in [0.5, 0.6) is 5.88 Å². The average molecular weight is 379 g/mol. The molecule has 0 fully saturated rings. The number of hydrogen-bond donors (Lipinski definition) is 0. The van der Waals surface area contributed by atoms with E-state index >= 15 is 0 Å². The van der Waals surface area contributed by atoms with Gasteiger partial charge in [-0.15, -0.1) is 11.3 Å². The number of hydrogen-bond acceptors (Lipinski definition) is 7. The lowest BCUT2D eigenvalue weighted by Crippen LogP contribution is -1.94. The first-order chi connectivity index (χ1) is 13.1. The summed E-state index contributed by atoms with van der Waals surface area (Å²) in [7, 11) is 3.20. The van der Waals surface area contributed by atoms with Crippen LogP contribution >= 0.6 is 11.3 Å². The van der Waals surface area contributed by atoms with E-state index in [2.05, 4.69) is 16.0 Å². The Kier molecular flexibility index (Phi) is 4.55. The second-order valence-electron chi connectivity index (χ2n) is 6.19. The predicted molar refractivity (Wildman–Crippen MR) is 106 cm³/mol. The molecule has 0 N–H and O–H groups in total. The van der Waals surface area contributed by atoms with Crippen LogP contribution in [0.25, 0.3) is 31.8 Å². The number of aldehydes is 1. The van der Waals surface area contributed by atoms with E-state index in [0.29, 0.717) is 18.1 Å². The Bertz CT molecular complexity index is 1170. The number of fused-ring (bicyclic) bond motifs is 2. The molecule has 27 heavy (non-hydrogen) atoms. The molecule has 0 spiro atoms. The van der Waals surface area contributed by atoms with Crippen molar-refractivity contribution >= 4 is 38.9 Å². The van der Waals surface area contributed by atoms with Gasteiger partial charge in [0.05, 0.1) is 41.2 Å². The van der Waals surface area contributed by atoms with E-state index in [1.165, 1.54) is 11.3 Å². The maximum Gasteiger partial charge on any atom is 0.232 e. The first-order valence-corrected chi connectivity index (χ1v) is 9.14. The molecule has 0 amide bonds. The number of carbonyl (C=O) groups excluding carboxylic acids is 1. The Morgan fingerprint density at radius 2 is 1.96 bits per heavy atom. The van der Waals surface area contributed by atoms with Gasteiger partial charge >= 0.3 is 0 Å². The Morgan fingerprint density at radius 3 is 2.70 bits per heavy atom. The number of aryl methyl sites for hydroxylation is 1. The molecule has 0 saturated carbocycles.